The summed E-state index contributed by atoms with van der Waals surface area (Å²) < 4.78 is 13.6. The van der Waals surface area contributed by atoms with Crippen LogP contribution in [-0.4, -0.2) is 41.0 Å². The zero-order valence-electron chi connectivity index (χ0n) is 10.8. The standard InChI is InChI=1S/C12H21N3O2/c1-4-15-6-5-14-11(15)16-8-10-7-13-9-12(2,3)17-10/h5-6,10,13H,4,7-9H2,1-3H3. The van der Waals surface area contributed by atoms with Crippen molar-refractivity contribution in [3.05, 3.63) is 12.4 Å². The summed E-state index contributed by atoms with van der Waals surface area (Å²) in [5, 5.41) is 3.35. The number of aryl methyl sites for hydroxylation is 1. The van der Waals surface area contributed by atoms with Gasteiger partial charge in [-0.25, -0.2) is 4.98 Å². The van der Waals surface area contributed by atoms with Crippen molar-refractivity contribution in [1.29, 1.82) is 0 Å². The van der Waals surface area contributed by atoms with E-state index in [2.05, 4.69) is 31.1 Å². The number of ether oxygens (including phenoxy) is 2. The van der Waals surface area contributed by atoms with Gasteiger partial charge < -0.3 is 19.4 Å². The van der Waals surface area contributed by atoms with Gasteiger partial charge in [0.05, 0.1) is 5.60 Å². The first kappa shape index (κ1) is 12.4. The van der Waals surface area contributed by atoms with E-state index in [-0.39, 0.29) is 11.7 Å². The second-order valence-corrected chi connectivity index (χ2v) is 4.94. The van der Waals surface area contributed by atoms with Crippen LogP contribution in [0.5, 0.6) is 6.01 Å². The van der Waals surface area contributed by atoms with Crippen LogP contribution in [0, 0.1) is 0 Å². The molecule has 0 amide bonds. The van der Waals surface area contributed by atoms with E-state index in [9.17, 15) is 0 Å². The Balaban J connectivity index is 1.86. The molecule has 0 saturated carbocycles. The monoisotopic (exact) mass is 239 g/mol. The first-order valence-electron chi connectivity index (χ1n) is 6.13. The summed E-state index contributed by atoms with van der Waals surface area (Å²) in [5.74, 6) is 0. The van der Waals surface area contributed by atoms with Crippen molar-refractivity contribution < 1.29 is 9.47 Å². The molecular weight excluding hydrogens is 218 g/mol. The summed E-state index contributed by atoms with van der Waals surface area (Å²) in [6, 6.07) is 0.666. The molecule has 1 aliphatic rings. The first-order valence-corrected chi connectivity index (χ1v) is 6.13. The number of aromatic nitrogens is 2. The van der Waals surface area contributed by atoms with E-state index in [1.807, 2.05) is 10.8 Å². The number of hydrogen-bond donors (Lipinski definition) is 1. The number of nitrogens with one attached hydrogen (secondary N) is 1. The van der Waals surface area contributed by atoms with Gasteiger partial charge in [-0.3, -0.25) is 0 Å². The van der Waals surface area contributed by atoms with E-state index in [1.54, 1.807) is 6.20 Å². The zero-order chi connectivity index (χ0) is 12.3. The molecule has 1 atom stereocenters. The van der Waals surface area contributed by atoms with Gasteiger partial charge in [0, 0.05) is 32.0 Å². The van der Waals surface area contributed by atoms with Crippen molar-refractivity contribution >= 4 is 0 Å². The Hall–Kier alpha value is -1.07. The molecule has 0 aliphatic carbocycles. The number of imidazole rings is 1. The molecule has 1 N–H and O–H groups in total. The Labute approximate surface area is 102 Å². The molecule has 0 bridgehead atoms. The molecular formula is C12H21N3O2. The van der Waals surface area contributed by atoms with Crippen LogP contribution >= 0.6 is 0 Å². The number of hydrogen-bond acceptors (Lipinski definition) is 4. The minimum Gasteiger partial charge on any atom is -0.462 e. The van der Waals surface area contributed by atoms with E-state index in [0.717, 1.165) is 19.6 Å². The summed E-state index contributed by atoms with van der Waals surface area (Å²) in [7, 11) is 0. The summed E-state index contributed by atoms with van der Waals surface area (Å²) >= 11 is 0. The van der Waals surface area contributed by atoms with E-state index in [1.165, 1.54) is 0 Å². The molecule has 0 aromatic carbocycles. The molecule has 1 unspecified atom stereocenters. The third kappa shape index (κ3) is 3.20. The molecule has 1 aromatic heterocycles. The fraction of sp³-hybridized carbons (Fsp3) is 0.750. The van der Waals surface area contributed by atoms with Gasteiger partial charge in [-0.2, -0.15) is 0 Å². The number of morpholine rings is 1. The van der Waals surface area contributed by atoms with Gasteiger partial charge in [-0.15, -0.1) is 0 Å². The molecule has 1 saturated heterocycles. The Kier molecular flexibility index (Phi) is 3.69. The first-order chi connectivity index (χ1) is 8.11. The summed E-state index contributed by atoms with van der Waals surface area (Å²) in [6.45, 7) is 9.34. The van der Waals surface area contributed by atoms with Gasteiger partial charge in [0.2, 0.25) is 0 Å². The second-order valence-electron chi connectivity index (χ2n) is 4.94. The fourth-order valence-electron chi connectivity index (χ4n) is 2.01. The molecule has 0 radical (unpaired) electrons. The van der Waals surface area contributed by atoms with Crippen LogP contribution < -0.4 is 10.1 Å². The maximum Gasteiger partial charge on any atom is 0.296 e. The summed E-state index contributed by atoms with van der Waals surface area (Å²) in [5.41, 5.74) is -0.119. The fourth-order valence-corrected chi connectivity index (χ4v) is 2.01. The largest absolute Gasteiger partial charge is 0.462 e. The molecule has 2 rings (SSSR count). The van der Waals surface area contributed by atoms with Gasteiger partial charge >= 0.3 is 0 Å². The van der Waals surface area contributed by atoms with E-state index < -0.39 is 0 Å². The molecule has 96 valence electrons. The highest BCUT2D eigenvalue weighted by molar-refractivity contribution is 4.98. The Bertz CT molecular complexity index is 362. The quantitative estimate of drug-likeness (QED) is 0.853. The van der Waals surface area contributed by atoms with Crippen molar-refractivity contribution in [3.8, 4) is 6.01 Å². The maximum atomic E-state index is 5.92. The van der Waals surface area contributed by atoms with Gasteiger partial charge in [-0.1, -0.05) is 0 Å². The van der Waals surface area contributed by atoms with E-state index >= 15 is 0 Å². The van der Waals surface area contributed by atoms with Crippen LogP contribution in [0.15, 0.2) is 12.4 Å². The summed E-state index contributed by atoms with van der Waals surface area (Å²) in [6.07, 6.45) is 3.75. The highest BCUT2D eigenvalue weighted by Crippen LogP contribution is 2.16. The number of rotatable bonds is 4. The molecule has 1 aromatic rings. The van der Waals surface area contributed by atoms with Crippen LogP contribution in [0.25, 0.3) is 0 Å². The topological polar surface area (TPSA) is 48.3 Å². The maximum absolute atomic E-state index is 5.92. The zero-order valence-corrected chi connectivity index (χ0v) is 10.8. The van der Waals surface area contributed by atoms with Crippen molar-refractivity contribution in [3.63, 3.8) is 0 Å². The third-order valence-corrected chi connectivity index (χ3v) is 2.82. The van der Waals surface area contributed by atoms with Crippen molar-refractivity contribution in [2.75, 3.05) is 19.7 Å². The molecule has 2 heterocycles. The normalized spacial score (nSPS) is 23.6. The predicted molar refractivity (Wildman–Crippen MR) is 65.2 cm³/mol. The van der Waals surface area contributed by atoms with Crippen LogP contribution in [0.2, 0.25) is 0 Å². The van der Waals surface area contributed by atoms with Crippen LogP contribution in [0.1, 0.15) is 20.8 Å². The van der Waals surface area contributed by atoms with Crippen LogP contribution in [-0.2, 0) is 11.3 Å². The molecule has 1 aliphatic heterocycles. The molecule has 1 fully saturated rings. The smallest absolute Gasteiger partial charge is 0.296 e. The lowest BCUT2D eigenvalue weighted by molar-refractivity contribution is -0.108. The lowest BCUT2D eigenvalue weighted by Crippen LogP contribution is -2.52. The Morgan fingerprint density at radius 3 is 3.18 bits per heavy atom. The lowest BCUT2D eigenvalue weighted by Gasteiger charge is -2.36. The summed E-state index contributed by atoms with van der Waals surface area (Å²) in [4.78, 5) is 4.17. The minimum atomic E-state index is -0.119. The van der Waals surface area contributed by atoms with Crippen LogP contribution in [0.3, 0.4) is 0 Å². The molecule has 0 spiro atoms. The van der Waals surface area contributed by atoms with Gasteiger partial charge in [0.25, 0.3) is 6.01 Å². The third-order valence-electron chi connectivity index (χ3n) is 2.82. The number of nitrogens with zero attached hydrogens (tertiary/aromatic N) is 2. The van der Waals surface area contributed by atoms with Gasteiger partial charge in [0.1, 0.15) is 12.7 Å². The minimum absolute atomic E-state index is 0.0840. The predicted octanol–water partition coefficient (Wildman–Crippen LogP) is 1.05. The van der Waals surface area contributed by atoms with Crippen LogP contribution in [0.4, 0.5) is 0 Å². The highest BCUT2D eigenvalue weighted by atomic mass is 16.6. The SMILES string of the molecule is CCn1ccnc1OCC1CNCC(C)(C)O1. The Morgan fingerprint density at radius 2 is 2.47 bits per heavy atom. The van der Waals surface area contributed by atoms with Crippen molar-refractivity contribution in [1.82, 2.24) is 14.9 Å². The second kappa shape index (κ2) is 5.06. The van der Waals surface area contributed by atoms with Crippen molar-refractivity contribution in [2.45, 2.75) is 39.0 Å². The van der Waals surface area contributed by atoms with E-state index in [4.69, 9.17) is 9.47 Å². The van der Waals surface area contributed by atoms with Gasteiger partial charge in [0.15, 0.2) is 0 Å². The average molecular weight is 239 g/mol. The van der Waals surface area contributed by atoms with Crippen molar-refractivity contribution in [2.24, 2.45) is 0 Å². The lowest BCUT2D eigenvalue weighted by atomic mass is 10.1. The average Bonchev–Trinajstić information content (AvgIpc) is 2.72. The molecule has 5 heteroatoms. The van der Waals surface area contributed by atoms with Gasteiger partial charge in [-0.05, 0) is 20.8 Å². The molecule has 5 nitrogen and oxygen atoms in total. The molecule has 17 heavy (non-hydrogen) atoms. The Morgan fingerprint density at radius 1 is 1.65 bits per heavy atom. The highest BCUT2D eigenvalue weighted by Gasteiger charge is 2.28. The van der Waals surface area contributed by atoms with E-state index in [0.29, 0.717) is 12.6 Å².